The van der Waals surface area contributed by atoms with E-state index in [-0.39, 0.29) is 30.6 Å². The van der Waals surface area contributed by atoms with E-state index in [1.54, 1.807) is 12.1 Å². The molecule has 3 N–H and O–H groups in total. The van der Waals surface area contributed by atoms with Crippen molar-refractivity contribution in [3.63, 3.8) is 0 Å². The zero-order valence-corrected chi connectivity index (χ0v) is 15.0. The lowest BCUT2D eigenvalue weighted by Crippen LogP contribution is -2.47. The third-order valence-corrected chi connectivity index (χ3v) is 5.20. The summed E-state index contributed by atoms with van der Waals surface area (Å²) in [5, 5.41) is 14.2. The molecule has 8 heteroatoms. The highest BCUT2D eigenvalue weighted by Crippen LogP contribution is 2.31. The summed E-state index contributed by atoms with van der Waals surface area (Å²) in [6.07, 6.45) is 3.00. The minimum Gasteiger partial charge on any atom is -0.480 e. The molecule has 146 valence electrons. The molecule has 0 saturated carbocycles. The Morgan fingerprint density at radius 1 is 1.26 bits per heavy atom. The summed E-state index contributed by atoms with van der Waals surface area (Å²) in [4.78, 5) is 35.8. The normalized spacial score (nSPS) is 24.2. The monoisotopic (exact) mass is 377 g/mol. The highest BCUT2D eigenvalue weighted by Gasteiger charge is 2.27. The van der Waals surface area contributed by atoms with E-state index >= 15 is 0 Å². The number of aliphatic carboxylic acids is 1. The molecule has 2 saturated heterocycles. The molecule has 0 spiro atoms. The van der Waals surface area contributed by atoms with E-state index in [9.17, 15) is 18.8 Å². The number of benzene rings is 1. The lowest BCUT2D eigenvalue weighted by Gasteiger charge is -2.23. The Morgan fingerprint density at radius 3 is 2.78 bits per heavy atom. The first-order chi connectivity index (χ1) is 12.9. The third kappa shape index (κ3) is 5.03. The summed E-state index contributed by atoms with van der Waals surface area (Å²) in [6, 6.07) is 4.33. The Morgan fingerprint density at radius 2 is 2.07 bits per heavy atom. The van der Waals surface area contributed by atoms with Gasteiger partial charge < -0.3 is 10.4 Å². The second-order valence-electron chi connectivity index (χ2n) is 7.18. The molecule has 3 rings (SSSR count). The summed E-state index contributed by atoms with van der Waals surface area (Å²) < 4.78 is 14.7. The Kier molecular flexibility index (Phi) is 6.05. The maximum absolute atomic E-state index is 14.7. The van der Waals surface area contributed by atoms with Gasteiger partial charge in [-0.1, -0.05) is 6.07 Å². The number of carboxylic acids is 1. The highest BCUT2D eigenvalue weighted by atomic mass is 19.1. The van der Waals surface area contributed by atoms with Gasteiger partial charge in [-0.05, 0) is 62.4 Å². The molecule has 0 aliphatic carbocycles. The number of anilines is 1. The molecule has 2 unspecified atom stereocenters. The smallest absolute Gasteiger partial charge is 0.317 e. The number of carboxylic acid groups (broad SMARTS) is 1. The molecule has 27 heavy (non-hydrogen) atoms. The van der Waals surface area contributed by atoms with Crippen molar-refractivity contribution in [2.75, 3.05) is 25.0 Å². The molecule has 2 atom stereocenters. The highest BCUT2D eigenvalue weighted by molar-refractivity contribution is 6.01. The predicted molar refractivity (Wildman–Crippen MR) is 96.9 cm³/mol. The molecule has 0 aromatic heterocycles. The zero-order chi connectivity index (χ0) is 19.4. The van der Waals surface area contributed by atoms with E-state index in [1.807, 2.05) is 4.90 Å². The molecule has 2 heterocycles. The number of hydrogen-bond acceptors (Lipinski definition) is 5. The van der Waals surface area contributed by atoms with Crippen LogP contribution in [0.4, 0.5) is 10.1 Å². The second-order valence-corrected chi connectivity index (χ2v) is 7.18. The molecule has 0 bridgehead atoms. The van der Waals surface area contributed by atoms with Crippen LogP contribution < -0.4 is 10.6 Å². The Labute approximate surface area is 156 Å². The van der Waals surface area contributed by atoms with Crippen LogP contribution in [0, 0.1) is 5.82 Å². The van der Waals surface area contributed by atoms with E-state index in [2.05, 4.69) is 10.6 Å². The number of piperidine rings is 1. The maximum atomic E-state index is 14.7. The van der Waals surface area contributed by atoms with Gasteiger partial charge in [0, 0.05) is 12.1 Å². The molecule has 2 fully saturated rings. The number of hydrogen-bond donors (Lipinski definition) is 3. The number of likely N-dealkylation sites (tertiary alicyclic amines) is 1. The van der Waals surface area contributed by atoms with E-state index in [0.717, 1.165) is 12.8 Å². The zero-order valence-electron chi connectivity index (χ0n) is 15.0. The van der Waals surface area contributed by atoms with Crippen LogP contribution in [-0.2, 0) is 14.4 Å². The van der Waals surface area contributed by atoms with Crippen molar-refractivity contribution in [1.82, 2.24) is 10.2 Å². The van der Waals surface area contributed by atoms with Crippen molar-refractivity contribution >= 4 is 23.5 Å². The summed E-state index contributed by atoms with van der Waals surface area (Å²) >= 11 is 0. The summed E-state index contributed by atoms with van der Waals surface area (Å²) in [7, 11) is 0. The van der Waals surface area contributed by atoms with Crippen molar-refractivity contribution in [3.05, 3.63) is 29.6 Å². The van der Waals surface area contributed by atoms with Crippen LogP contribution in [0.15, 0.2) is 18.2 Å². The summed E-state index contributed by atoms with van der Waals surface area (Å²) in [5.41, 5.74) is 1.13. The minimum atomic E-state index is -0.844. The van der Waals surface area contributed by atoms with E-state index in [0.29, 0.717) is 37.2 Å². The van der Waals surface area contributed by atoms with Crippen molar-refractivity contribution in [2.45, 2.75) is 44.1 Å². The SMILES string of the molecule is O=C(O)CN1CCCC(c2ccc(NC3CCC(=O)NC3=O)cc2F)CC1. The number of amides is 2. The van der Waals surface area contributed by atoms with Crippen LogP contribution in [0.2, 0.25) is 0 Å². The summed E-state index contributed by atoms with van der Waals surface area (Å²) in [5.74, 6) is -1.80. The fourth-order valence-corrected chi connectivity index (χ4v) is 3.80. The topological polar surface area (TPSA) is 98.7 Å². The average Bonchev–Trinajstić information content (AvgIpc) is 2.82. The number of halogens is 1. The van der Waals surface area contributed by atoms with E-state index in [4.69, 9.17) is 5.11 Å². The van der Waals surface area contributed by atoms with Gasteiger partial charge in [0.15, 0.2) is 0 Å². The van der Waals surface area contributed by atoms with Crippen molar-refractivity contribution in [1.29, 1.82) is 0 Å². The van der Waals surface area contributed by atoms with Gasteiger partial charge in [0.05, 0.1) is 6.54 Å². The number of imide groups is 1. The fraction of sp³-hybridized carbons (Fsp3) is 0.526. The first-order valence-electron chi connectivity index (χ1n) is 9.26. The van der Waals surface area contributed by atoms with Gasteiger partial charge in [0.25, 0.3) is 0 Å². The van der Waals surface area contributed by atoms with Crippen LogP contribution >= 0.6 is 0 Å². The lowest BCUT2D eigenvalue weighted by atomic mass is 9.91. The third-order valence-electron chi connectivity index (χ3n) is 5.20. The lowest BCUT2D eigenvalue weighted by molar-refractivity contribution is -0.138. The van der Waals surface area contributed by atoms with Crippen molar-refractivity contribution in [3.8, 4) is 0 Å². The Bertz CT molecular complexity index is 740. The molecule has 0 radical (unpaired) electrons. The van der Waals surface area contributed by atoms with Crippen LogP contribution in [0.3, 0.4) is 0 Å². The van der Waals surface area contributed by atoms with Gasteiger partial charge in [-0.3, -0.25) is 24.6 Å². The quantitative estimate of drug-likeness (QED) is 0.676. The van der Waals surface area contributed by atoms with Crippen LogP contribution in [-0.4, -0.2) is 53.5 Å². The second kappa shape index (κ2) is 8.47. The van der Waals surface area contributed by atoms with Gasteiger partial charge in [0.1, 0.15) is 11.9 Å². The molecule has 2 amide bonds. The van der Waals surface area contributed by atoms with E-state index < -0.39 is 17.9 Å². The number of nitrogens with one attached hydrogen (secondary N) is 2. The largest absolute Gasteiger partial charge is 0.480 e. The van der Waals surface area contributed by atoms with Crippen molar-refractivity contribution < 1.29 is 23.9 Å². The first-order valence-corrected chi connectivity index (χ1v) is 9.26. The maximum Gasteiger partial charge on any atom is 0.317 e. The van der Waals surface area contributed by atoms with Crippen LogP contribution in [0.1, 0.15) is 43.6 Å². The number of nitrogens with zero attached hydrogens (tertiary/aromatic N) is 1. The molecule has 7 nitrogen and oxygen atoms in total. The van der Waals surface area contributed by atoms with Gasteiger partial charge in [-0.2, -0.15) is 0 Å². The van der Waals surface area contributed by atoms with Crippen molar-refractivity contribution in [2.24, 2.45) is 0 Å². The summed E-state index contributed by atoms with van der Waals surface area (Å²) in [6.45, 7) is 1.36. The van der Waals surface area contributed by atoms with Gasteiger partial charge in [-0.25, -0.2) is 4.39 Å². The fourth-order valence-electron chi connectivity index (χ4n) is 3.80. The molecule has 2 aliphatic rings. The van der Waals surface area contributed by atoms with Gasteiger partial charge in [-0.15, -0.1) is 0 Å². The Balaban J connectivity index is 1.63. The van der Waals surface area contributed by atoms with Crippen LogP contribution in [0.25, 0.3) is 0 Å². The van der Waals surface area contributed by atoms with E-state index in [1.165, 1.54) is 6.07 Å². The predicted octanol–water partition coefficient (Wildman–Crippen LogP) is 1.70. The number of carbonyl (C=O) groups excluding carboxylic acids is 2. The number of carbonyl (C=O) groups is 3. The minimum absolute atomic E-state index is 0.0179. The van der Waals surface area contributed by atoms with Gasteiger partial charge in [0.2, 0.25) is 11.8 Å². The molecular formula is C19H24FN3O4. The average molecular weight is 377 g/mol. The molecular weight excluding hydrogens is 353 g/mol. The molecule has 1 aromatic rings. The number of rotatable bonds is 5. The molecule has 1 aromatic carbocycles. The Hall–Kier alpha value is -2.48. The molecule has 2 aliphatic heterocycles. The standard InChI is InChI=1S/C19H24FN3O4/c20-15-10-13(21-16-5-6-17(24)22-19(16)27)3-4-14(15)12-2-1-8-23(9-7-12)11-18(25)26/h3-4,10,12,16,21H,1-2,5-9,11H2,(H,25,26)(H,22,24,27). The first kappa shape index (κ1) is 19.3. The van der Waals surface area contributed by atoms with Crippen LogP contribution in [0.5, 0.6) is 0 Å². The van der Waals surface area contributed by atoms with Gasteiger partial charge >= 0.3 is 5.97 Å².